The van der Waals surface area contributed by atoms with E-state index >= 15 is 0 Å². The van der Waals surface area contributed by atoms with Crippen molar-refractivity contribution in [1.82, 2.24) is 19.9 Å². The lowest BCUT2D eigenvalue weighted by Crippen LogP contribution is -2.67. The summed E-state index contributed by atoms with van der Waals surface area (Å²) in [5, 5.41) is 0. The van der Waals surface area contributed by atoms with Gasteiger partial charge in [-0.2, -0.15) is 0 Å². The average Bonchev–Trinajstić information content (AvgIpc) is 2.86. The molecule has 7 nitrogen and oxygen atoms in total. The summed E-state index contributed by atoms with van der Waals surface area (Å²) in [6.45, 7) is 2.20. The summed E-state index contributed by atoms with van der Waals surface area (Å²) in [6, 6.07) is 5.94. The second-order valence-corrected chi connectivity index (χ2v) is 9.16. The largest absolute Gasteiger partial charge is 0.463 e. The van der Waals surface area contributed by atoms with Crippen molar-refractivity contribution in [2.45, 2.75) is 17.7 Å². The summed E-state index contributed by atoms with van der Waals surface area (Å²) in [4.78, 5) is 14.3. The van der Waals surface area contributed by atoms with Crippen molar-refractivity contribution in [2.24, 2.45) is 5.92 Å². The molecule has 2 fully saturated rings. The molecule has 4 rings (SSSR count). The van der Waals surface area contributed by atoms with Gasteiger partial charge in [0.25, 0.3) is 0 Å². The van der Waals surface area contributed by atoms with Crippen LogP contribution in [0.1, 0.15) is 12.0 Å². The lowest BCUT2D eigenvalue weighted by molar-refractivity contribution is 0.0572. The Morgan fingerprint density at radius 2 is 1.88 bits per heavy atom. The molecule has 4 heterocycles. The number of rotatable bonds is 5. The highest BCUT2D eigenvalue weighted by atomic mass is 32.2. The summed E-state index contributed by atoms with van der Waals surface area (Å²) >= 11 is 0. The van der Waals surface area contributed by atoms with Gasteiger partial charge in [-0.15, -0.1) is 0 Å². The summed E-state index contributed by atoms with van der Waals surface area (Å²) < 4.78 is 30.3. The molecule has 2 aromatic heterocycles. The van der Waals surface area contributed by atoms with Crippen molar-refractivity contribution in [3.05, 3.63) is 48.5 Å². The van der Waals surface area contributed by atoms with Gasteiger partial charge in [0, 0.05) is 50.3 Å². The van der Waals surface area contributed by atoms with Crippen LogP contribution in [0.4, 0.5) is 0 Å². The number of ether oxygens (including phenoxy) is 1. The van der Waals surface area contributed by atoms with E-state index in [2.05, 4.69) is 19.9 Å². The molecule has 132 valence electrons. The first-order valence-corrected chi connectivity index (χ1v) is 9.98. The fourth-order valence-corrected chi connectivity index (χ4v) is 6.27. The van der Waals surface area contributed by atoms with Crippen molar-refractivity contribution in [3.63, 3.8) is 0 Å². The van der Waals surface area contributed by atoms with Crippen LogP contribution in [0.5, 0.6) is 6.01 Å². The number of pyridine rings is 1. The van der Waals surface area contributed by atoms with Gasteiger partial charge < -0.3 is 4.74 Å². The van der Waals surface area contributed by atoms with Gasteiger partial charge in [-0.05, 0) is 30.2 Å². The molecule has 1 spiro atoms. The predicted octanol–water partition coefficient (Wildman–Crippen LogP) is 0.940. The average molecular weight is 360 g/mol. The normalized spacial score (nSPS) is 24.1. The second kappa shape index (κ2) is 6.34. The Morgan fingerprint density at radius 3 is 2.60 bits per heavy atom. The lowest BCUT2D eigenvalue weighted by atomic mass is 9.83. The molecule has 0 saturated carbocycles. The highest BCUT2D eigenvalue weighted by Crippen LogP contribution is 2.45. The van der Waals surface area contributed by atoms with Crippen LogP contribution in [0.15, 0.2) is 43.0 Å². The quantitative estimate of drug-likeness (QED) is 0.784. The molecule has 0 aliphatic carbocycles. The lowest BCUT2D eigenvalue weighted by Gasteiger charge is -2.49. The fraction of sp³-hybridized carbons (Fsp3) is 0.471. The van der Waals surface area contributed by atoms with Crippen molar-refractivity contribution in [2.75, 3.05) is 25.4 Å². The van der Waals surface area contributed by atoms with Gasteiger partial charge >= 0.3 is 6.01 Å². The Kier molecular flexibility index (Phi) is 4.16. The number of hydrogen-bond donors (Lipinski definition) is 0. The van der Waals surface area contributed by atoms with Gasteiger partial charge in [-0.3, -0.25) is 9.88 Å². The van der Waals surface area contributed by atoms with Crippen molar-refractivity contribution < 1.29 is 13.2 Å². The maximum atomic E-state index is 12.7. The van der Waals surface area contributed by atoms with Crippen molar-refractivity contribution in [1.29, 1.82) is 0 Å². The first-order chi connectivity index (χ1) is 12.1. The van der Waals surface area contributed by atoms with E-state index in [1.807, 2.05) is 12.1 Å². The zero-order valence-corrected chi connectivity index (χ0v) is 14.6. The third-order valence-electron chi connectivity index (χ3n) is 5.19. The SMILES string of the molecule is O=S1(=O)CC[C@H](COc2ncccn2)C12CN(Cc1ccncc1)C2. The molecule has 2 aromatic rings. The zero-order chi connectivity index (χ0) is 17.3. The second-order valence-electron chi connectivity index (χ2n) is 6.71. The van der Waals surface area contributed by atoms with E-state index in [9.17, 15) is 8.42 Å². The Balaban J connectivity index is 1.43. The van der Waals surface area contributed by atoms with Crippen LogP contribution in [0.3, 0.4) is 0 Å². The number of likely N-dealkylation sites (tertiary alicyclic amines) is 1. The molecule has 1 atom stereocenters. The molecule has 2 saturated heterocycles. The maximum absolute atomic E-state index is 12.7. The fourth-order valence-electron chi connectivity index (χ4n) is 3.81. The van der Waals surface area contributed by atoms with Gasteiger partial charge in [0.1, 0.15) is 4.75 Å². The Hall–Kier alpha value is -2.06. The molecule has 8 heteroatoms. The summed E-state index contributed by atoms with van der Waals surface area (Å²) in [5.41, 5.74) is 1.14. The van der Waals surface area contributed by atoms with Crippen LogP contribution in [0.2, 0.25) is 0 Å². The van der Waals surface area contributed by atoms with Crippen LogP contribution in [-0.4, -0.2) is 58.5 Å². The van der Waals surface area contributed by atoms with Crippen LogP contribution in [-0.2, 0) is 16.4 Å². The van der Waals surface area contributed by atoms with E-state index < -0.39 is 14.6 Å². The van der Waals surface area contributed by atoms with E-state index in [1.165, 1.54) is 0 Å². The number of aromatic nitrogens is 3. The maximum Gasteiger partial charge on any atom is 0.316 e. The molecule has 0 radical (unpaired) electrons. The molecule has 0 amide bonds. The number of sulfone groups is 1. The third kappa shape index (κ3) is 3.00. The smallest absolute Gasteiger partial charge is 0.316 e. The minimum Gasteiger partial charge on any atom is -0.463 e. The first-order valence-electron chi connectivity index (χ1n) is 8.32. The molecule has 0 unspecified atom stereocenters. The van der Waals surface area contributed by atoms with E-state index in [0.717, 1.165) is 12.1 Å². The van der Waals surface area contributed by atoms with Gasteiger partial charge in [0.2, 0.25) is 0 Å². The van der Waals surface area contributed by atoms with E-state index in [1.54, 1.807) is 30.9 Å². The van der Waals surface area contributed by atoms with Crippen LogP contribution in [0.25, 0.3) is 0 Å². The zero-order valence-electron chi connectivity index (χ0n) is 13.8. The Labute approximate surface area is 147 Å². The summed E-state index contributed by atoms with van der Waals surface area (Å²) in [6.07, 6.45) is 7.38. The van der Waals surface area contributed by atoms with Crippen molar-refractivity contribution in [3.8, 4) is 6.01 Å². The molecular weight excluding hydrogens is 340 g/mol. The summed E-state index contributed by atoms with van der Waals surface area (Å²) in [5.74, 6) is 0.217. The Morgan fingerprint density at radius 1 is 1.16 bits per heavy atom. The van der Waals surface area contributed by atoms with Crippen LogP contribution < -0.4 is 4.74 Å². The van der Waals surface area contributed by atoms with Gasteiger partial charge in [-0.1, -0.05) is 0 Å². The van der Waals surface area contributed by atoms with E-state index in [0.29, 0.717) is 32.1 Å². The van der Waals surface area contributed by atoms with Gasteiger partial charge in [-0.25, -0.2) is 18.4 Å². The van der Waals surface area contributed by atoms with E-state index in [4.69, 9.17) is 4.74 Å². The van der Waals surface area contributed by atoms with Crippen LogP contribution >= 0.6 is 0 Å². The molecule has 2 aliphatic heterocycles. The highest BCUT2D eigenvalue weighted by molar-refractivity contribution is 7.93. The minimum absolute atomic E-state index is 0.0185. The number of nitrogens with zero attached hydrogens (tertiary/aromatic N) is 4. The minimum atomic E-state index is -3.10. The number of hydrogen-bond acceptors (Lipinski definition) is 7. The van der Waals surface area contributed by atoms with Crippen molar-refractivity contribution >= 4 is 9.84 Å². The highest BCUT2D eigenvalue weighted by Gasteiger charge is 2.61. The molecule has 0 aromatic carbocycles. The predicted molar refractivity (Wildman–Crippen MR) is 91.7 cm³/mol. The molecule has 2 aliphatic rings. The van der Waals surface area contributed by atoms with E-state index in [-0.39, 0.29) is 11.7 Å². The summed E-state index contributed by atoms with van der Waals surface area (Å²) in [7, 11) is -3.10. The van der Waals surface area contributed by atoms with Crippen LogP contribution in [0, 0.1) is 5.92 Å². The molecule has 0 bridgehead atoms. The molecule has 0 N–H and O–H groups in total. The third-order valence-corrected chi connectivity index (χ3v) is 7.80. The topological polar surface area (TPSA) is 85.3 Å². The van der Waals surface area contributed by atoms with Gasteiger partial charge in [0.15, 0.2) is 9.84 Å². The monoisotopic (exact) mass is 360 g/mol. The molecule has 25 heavy (non-hydrogen) atoms. The Bertz CT molecular complexity index is 823. The standard InChI is InChI=1S/C17H20N4O3S/c22-25(23)9-4-15(11-24-16-19-5-1-6-20-16)17(25)12-21(13-17)10-14-2-7-18-8-3-14/h1-3,5-8,15H,4,9-13H2/t15-/m1/s1. The molecular formula is C17H20N4O3S. The first kappa shape index (κ1) is 16.4. The van der Waals surface area contributed by atoms with Gasteiger partial charge in [0.05, 0.1) is 12.4 Å².